The van der Waals surface area contributed by atoms with Gasteiger partial charge in [0.2, 0.25) is 5.91 Å². The van der Waals surface area contributed by atoms with E-state index in [1.807, 2.05) is 11.8 Å². The van der Waals surface area contributed by atoms with Crippen LogP contribution in [0.4, 0.5) is 4.79 Å². The summed E-state index contributed by atoms with van der Waals surface area (Å²) in [7, 11) is 0. The summed E-state index contributed by atoms with van der Waals surface area (Å²) in [6, 6.07) is 0.153. The van der Waals surface area contributed by atoms with Crippen molar-refractivity contribution in [2.75, 3.05) is 19.6 Å². The molecule has 2 aliphatic rings. The quantitative estimate of drug-likeness (QED) is 0.723. The maximum absolute atomic E-state index is 12.2. The summed E-state index contributed by atoms with van der Waals surface area (Å²) < 4.78 is 0. The number of carbonyl (C=O) groups excluding carboxylic acids is 2. The Morgan fingerprint density at radius 3 is 2.52 bits per heavy atom. The van der Waals surface area contributed by atoms with Crippen LogP contribution in [0, 0.1) is 5.92 Å². The summed E-state index contributed by atoms with van der Waals surface area (Å²) in [6.07, 6.45) is 7.77. The van der Waals surface area contributed by atoms with Crippen LogP contribution in [0.15, 0.2) is 0 Å². The van der Waals surface area contributed by atoms with E-state index in [2.05, 4.69) is 10.6 Å². The summed E-state index contributed by atoms with van der Waals surface area (Å²) in [6.45, 7) is 3.55. The molecular formula is C16H31ClN4O2. The summed E-state index contributed by atoms with van der Waals surface area (Å²) >= 11 is 0. The van der Waals surface area contributed by atoms with Gasteiger partial charge in [-0.3, -0.25) is 4.79 Å². The highest BCUT2D eigenvalue weighted by Gasteiger charge is 2.26. The van der Waals surface area contributed by atoms with Crippen LogP contribution in [0.1, 0.15) is 51.9 Å². The SMILES string of the molecule is CC(N)C1CCCN(C(=O)CNC(=O)NC2CCCCC2)C1.Cl. The van der Waals surface area contributed by atoms with Gasteiger partial charge in [-0.25, -0.2) is 4.79 Å². The molecule has 2 atom stereocenters. The molecule has 0 spiro atoms. The van der Waals surface area contributed by atoms with Gasteiger partial charge in [-0.2, -0.15) is 0 Å². The second-order valence-corrected chi connectivity index (χ2v) is 6.76. The number of hydrogen-bond acceptors (Lipinski definition) is 3. The average molecular weight is 347 g/mol. The Hall–Kier alpha value is -1.01. The van der Waals surface area contributed by atoms with Crippen molar-refractivity contribution in [2.45, 2.75) is 64.0 Å². The minimum absolute atomic E-state index is 0. The van der Waals surface area contributed by atoms with E-state index in [-0.39, 0.29) is 43.0 Å². The fourth-order valence-electron chi connectivity index (χ4n) is 3.42. The molecule has 6 nitrogen and oxygen atoms in total. The predicted octanol–water partition coefficient (Wildman–Crippen LogP) is 1.63. The molecule has 7 heteroatoms. The van der Waals surface area contributed by atoms with Crippen LogP contribution in [0.2, 0.25) is 0 Å². The lowest BCUT2D eigenvalue weighted by Gasteiger charge is -2.34. The maximum Gasteiger partial charge on any atom is 0.315 e. The van der Waals surface area contributed by atoms with Crippen LogP contribution in [-0.2, 0) is 4.79 Å². The number of nitrogens with one attached hydrogen (secondary N) is 2. The topological polar surface area (TPSA) is 87.5 Å². The van der Waals surface area contributed by atoms with Gasteiger partial charge in [-0.05, 0) is 38.5 Å². The van der Waals surface area contributed by atoms with Gasteiger partial charge in [0.05, 0.1) is 6.54 Å². The minimum Gasteiger partial charge on any atom is -0.341 e. The first-order valence-electron chi connectivity index (χ1n) is 8.64. The average Bonchev–Trinajstić information content (AvgIpc) is 2.53. The molecule has 2 rings (SSSR count). The minimum atomic E-state index is -0.221. The number of piperidine rings is 1. The van der Waals surface area contributed by atoms with Crippen molar-refractivity contribution in [3.63, 3.8) is 0 Å². The maximum atomic E-state index is 12.2. The molecule has 1 saturated carbocycles. The van der Waals surface area contributed by atoms with E-state index in [0.29, 0.717) is 12.5 Å². The molecule has 0 aromatic carbocycles. The van der Waals surface area contributed by atoms with Crippen molar-refractivity contribution in [2.24, 2.45) is 11.7 Å². The largest absolute Gasteiger partial charge is 0.341 e. The Morgan fingerprint density at radius 2 is 1.87 bits per heavy atom. The lowest BCUT2D eigenvalue weighted by atomic mass is 9.92. The van der Waals surface area contributed by atoms with Crippen LogP contribution < -0.4 is 16.4 Å². The molecule has 1 aliphatic heterocycles. The third-order valence-electron chi connectivity index (χ3n) is 4.89. The molecule has 0 aromatic heterocycles. The molecule has 0 bridgehead atoms. The molecule has 1 heterocycles. The standard InChI is InChI=1S/C16H30N4O2.ClH/c1-12(17)13-6-5-9-20(11-13)15(21)10-18-16(22)19-14-7-3-2-4-8-14;/h12-14H,2-11,17H2,1H3,(H2,18,19,22);1H. The number of halogens is 1. The van der Waals surface area contributed by atoms with E-state index in [4.69, 9.17) is 5.73 Å². The Bertz CT molecular complexity index is 386. The van der Waals surface area contributed by atoms with Gasteiger partial charge in [0.25, 0.3) is 0 Å². The third-order valence-corrected chi connectivity index (χ3v) is 4.89. The van der Waals surface area contributed by atoms with Gasteiger partial charge in [-0.1, -0.05) is 19.3 Å². The van der Waals surface area contributed by atoms with Crippen molar-refractivity contribution in [3.05, 3.63) is 0 Å². The molecular weight excluding hydrogens is 316 g/mol. The van der Waals surface area contributed by atoms with E-state index in [1.54, 1.807) is 0 Å². The first-order valence-corrected chi connectivity index (χ1v) is 8.64. The van der Waals surface area contributed by atoms with Crippen molar-refractivity contribution in [1.82, 2.24) is 15.5 Å². The summed E-state index contributed by atoms with van der Waals surface area (Å²) in [5.74, 6) is 0.359. The van der Waals surface area contributed by atoms with Crippen LogP contribution in [0.5, 0.6) is 0 Å². The Labute approximate surface area is 145 Å². The molecule has 4 N–H and O–H groups in total. The zero-order valence-electron chi connectivity index (χ0n) is 14.1. The molecule has 0 radical (unpaired) electrons. The van der Waals surface area contributed by atoms with Crippen LogP contribution in [-0.4, -0.2) is 48.6 Å². The Balaban J connectivity index is 0.00000264. The second kappa shape index (κ2) is 9.98. The summed E-state index contributed by atoms with van der Waals surface area (Å²) in [4.78, 5) is 25.9. The van der Waals surface area contributed by atoms with Gasteiger partial charge in [-0.15, -0.1) is 12.4 Å². The molecule has 2 unspecified atom stereocenters. The number of nitrogens with two attached hydrogens (primary N) is 1. The Morgan fingerprint density at radius 1 is 1.17 bits per heavy atom. The molecule has 1 saturated heterocycles. The van der Waals surface area contributed by atoms with E-state index in [9.17, 15) is 9.59 Å². The normalized spacial score (nSPS) is 23.6. The first-order chi connectivity index (χ1) is 10.6. The Kier molecular flexibility index (Phi) is 8.69. The first kappa shape index (κ1) is 20.0. The highest BCUT2D eigenvalue weighted by molar-refractivity contribution is 5.85. The number of rotatable bonds is 4. The van der Waals surface area contributed by atoms with Crippen molar-refractivity contribution >= 4 is 24.3 Å². The molecule has 134 valence electrons. The number of hydrogen-bond donors (Lipinski definition) is 3. The van der Waals surface area contributed by atoms with Crippen molar-refractivity contribution in [3.8, 4) is 0 Å². The molecule has 0 aromatic rings. The molecule has 1 aliphatic carbocycles. The van der Waals surface area contributed by atoms with Crippen LogP contribution in [0.3, 0.4) is 0 Å². The van der Waals surface area contributed by atoms with Gasteiger partial charge < -0.3 is 21.3 Å². The number of urea groups is 1. The summed E-state index contributed by atoms with van der Waals surface area (Å²) in [5, 5.41) is 5.66. The van der Waals surface area contributed by atoms with Gasteiger partial charge in [0.1, 0.15) is 0 Å². The van der Waals surface area contributed by atoms with Gasteiger partial charge in [0.15, 0.2) is 0 Å². The van der Waals surface area contributed by atoms with E-state index < -0.39 is 0 Å². The van der Waals surface area contributed by atoms with E-state index in [0.717, 1.165) is 32.2 Å². The number of nitrogens with zero attached hydrogens (tertiary/aromatic N) is 1. The highest BCUT2D eigenvalue weighted by atomic mass is 35.5. The molecule has 2 fully saturated rings. The fraction of sp³-hybridized carbons (Fsp3) is 0.875. The van der Waals surface area contributed by atoms with Crippen LogP contribution in [0.25, 0.3) is 0 Å². The fourth-order valence-corrected chi connectivity index (χ4v) is 3.42. The smallest absolute Gasteiger partial charge is 0.315 e. The monoisotopic (exact) mass is 346 g/mol. The zero-order chi connectivity index (χ0) is 15.9. The van der Waals surface area contributed by atoms with E-state index in [1.165, 1.54) is 19.3 Å². The molecule has 3 amide bonds. The molecule has 23 heavy (non-hydrogen) atoms. The van der Waals surface area contributed by atoms with Gasteiger partial charge in [0, 0.05) is 25.2 Å². The van der Waals surface area contributed by atoms with Crippen molar-refractivity contribution in [1.29, 1.82) is 0 Å². The lowest BCUT2D eigenvalue weighted by Crippen LogP contribution is -2.50. The third kappa shape index (κ3) is 6.55. The number of likely N-dealkylation sites (tertiary alicyclic amines) is 1. The summed E-state index contributed by atoms with van der Waals surface area (Å²) in [5.41, 5.74) is 5.94. The zero-order valence-corrected chi connectivity index (χ0v) is 14.9. The van der Waals surface area contributed by atoms with E-state index >= 15 is 0 Å². The van der Waals surface area contributed by atoms with Gasteiger partial charge >= 0.3 is 6.03 Å². The van der Waals surface area contributed by atoms with Crippen molar-refractivity contribution < 1.29 is 9.59 Å². The lowest BCUT2D eigenvalue weighted by molar-refractivity contribution is -0.132. The highest BCUT2D eigenvalue weighted by Crippen LogP contribution is 2.19. The number of amides is 3. The predicted molar refractivity (Wildman–Crippen MR) is 93.6 cm³/mol. The second-order valence-electron chi connectivity index (χ2n) is 6.76. The van der Waals surface area contributed by atoms with Crippen LogP contribution >= 0.6 is 12.4 Å². The number of carbonyl (C=O) groups is 2.